The second kappa shape index (κ2) is 3.31. The second-order valence-corrected chi connectivity index (χ2v) is 8.12. The van der Waals surface area contributed by atoms with Gasteiger partial charge in [0, 0.05) is 16.4 Å². The third-order valence-corrected chi connectivity index (χ3v) is 7.52. The Kier molecular flexibility index (Phi) is 2.32. The minimum Gasteiger partial charge on any atom is -0.153 e. The topological polar surface area (TPSA) is 0 Å². The largest absolute Gasteiger partial charge is 0.153 e. The molecule has 1 spiro atoms. The smallest absolute Gasteiger partial charge is 0.0253 e. The van der Waals surface area contributed by atoms with Crippen molar-refractivity contribution in [2.75, 3.05) is 5.75 Å². The summed E-state index contributed by atoms with van der Waals surface area (Å²) in [5.41, 5.74) is 3.01. The number of allylic oxidation sites excluding steroid dienone is 1. The fourth-order valence-electron chi connectivity index (χ4n) is 4.34. The minimum atomic E-state index is 0.577. The van der Waals surface area contributed by atoms with E-state index in [1.165, 1.54) is 25.0 Å². The standard InChI is InChI=1S/C15H24S/c1-10(2)13-8-12-7-11-5-6-15(12,9-16-13)14(11,3)4/h8,10-11,13H,5-7,9H2,1-4H3/t11-,13-,15-/m1/s1. The van der Waals surface area contributed by atoms with Crippen LogP contribution >= 0.6 is 11.8 Å². The summed E-state index contributed by atoms with van der Waals surface area (Å²) < 4.78 is 0. The van der Waals surface area contributed by atoms with Crippen LogP contribution in [0.15, 0.2) is 11.6 Å². The highest BCUT2D eigenvalue weighted by molar-refractivity contribution is 8.00. The Morgan fingerprint density at radius 3 is 2.75 bits per heavy atom. The zero-order valence-corrected chi connectivity index (χ0v) is 11.9. The van der Waals surface area contributed by atoms with E-state index in [0.717, 1.165) is 17.1 Å². The van der Waals surface area contributed by atoms with E-state index in [4.69, 9.17) is 0 Å². The molecule has 3 aliphatic rings. The summed E-state index contributed by atoms with van der Waals surface area (Å²) in [6, 6.07) is 0. The SMILES string of the molecule is CC(C)[C@H]1C=C2C[C@H]3CC[C@]2(CS1)C3(C)C. The van der Waals surface area contributed by atoms with Crippen molar-refractivity contribution >= 4 is 11.8 Å². The Labute approximate surface area is 104 Å². The van der Waals surface area contributed by atoms with Crippen LogP contribution < -0.4 is 0 Å². The normalized spacial score (nSPS) is 44.7. The maximum Gasteiger partial charge on any atom is 0.0253 e. The van der Waals surface area contributed by atoms with Gasteiger partial charge in [-0.05, 0) is 36.5 Å². The molecule has 1 aliphatic heterocycles. The zero-order chi connectivity index (χ0) is 11.6. The summed E-state index contributed by atoms with van der Waals surface area (Å²) in [5, 5.41) is 0.788. The molecule has 16 heavy (non-hydrogen) atoms. The van der Waals surface area contributed by atoms with Crippen molar-refractivity contribution < 1.29 is 0 Å². The predicted molar refractivity (Wildman–Crippen MR) is 72.7 cm³/mol. The Bertz CT molecular complexity index is 339. The average molecular weight is 236 g/mol. The van der Waals surface area contributed by atoms with Crippen LogP contribution in [0.2, 0.25) is 0 Å². The van der Waals surface area contributed by atoms with Gasteiger partial charge in [-0.25, -0.2) is 0 Å². The number of rotatable bonds is 1. The summed E-state index contributed by atoms with van der Waals surface area (Å²) in [6.45, 7) is 9.79. The number of hydrogen-bond acceptors (Lipinski definition) is 1. The van der Waals surface area contributed by atoms with Crippen LogP contribution in [-0.4, -0.2) is 11.0 Å². The van der Waals surface area contributed by atoms with Gasteiger partial charge in [0.15, 0.2) is 0 Å². The Balaban J connectivity index is 1.99. The molecule has 0 saturated heterocycles. The van der Waals surface area contributed by atoms with E-state index in [1.807, 2.05) is 5.57 Å². The third-order valence-electron chi connectivity index (χ3n) is 5.80. The van der Waals surface area contributed by atoms with Crippen LogP contribution in [0.1, 0.15) is 47.0 Å². The fraction of sp³-hybridized carbons (Fsp3) is 0.867. The van der Waals surface area contributed by atoms with Gasteiger partial charge >= 0.3 is 0 Å². The lowest BCUT2D eigenvalue weighted by Gasteiger charge is -2.43. The first-order valence-corrected chi connectivity index (χ1v) is 7.85. The molecule has 1 heteroatoms. The number of hydrogen-bond donors (Lipinski definition) is 0. The number of thioether (sulfide) groups is 1. The van der Waals surface area contributed by atoms with E-state index in [2.05, 4.69) is 45.5 Å². The second-order valence-electron chi connectivity index (χ2n) is 6.96. The summed E-state index contributed by atoms with van der Waals surface area (Å²) in [4.78, 5) is 0. The summed E-state index contributed by atoms with van der Waals surface area (Å²) >= 11 is 2.22. The molecule has 1 heterocycles. The summed E-state index contributed by atoms with van der Waals surface area (Å²) in [7, 11) is 0. The van der Waals surface area contributed by atoms with Gasteiger partial charge in [-0.15, -0.1) is 0 Å². The molecule has 0 radical (unpaired) electrons. The van der Waals surface area contributed by atoms with Gasteiger partial charge < -0.3 is 0 Å². The van der Waals surface area contributed by atoms with Crippen LogP contribution in [0.25, 0.3) is 0 Å². The van der Waals surface area contributed by atoms with E-state index in [0.29, 0.717) is 10.8 Å². The highest BCUT2D eigenvalue weighted by Gasteiger charge is 2.62. The Morgan fingerprint density at radius 2 is 2.12 bits per heavy atom. The van der Waals surface area contributed by atoms with Gasteiger partial charge in [-0.2, -0.15) is 11.8 Å². The molecule has 2 bridgehead atoms. The van der Waals surface area contributed by atoms with Crippen molar-refractivity contribution in [3.8, 4) is 0 Å². The van der Waals surface area contributed by atoms with Crippen molar-refractivity contribution in [2.45, 2.75) is 52.2 Å². The van der Waals surface area contributed by atoms with Crippen LogP contribution in [0.4, 0.5) is 0 Å². The lowest BCUT2D eigenvalue weighted by molar-refractivity contribution is 0.182. The number of fused-ring (bicyclic) bond motifs is 1. The molecule has 2 aliphatic carbocycles. The molecule has 3 rings (SSSR count). The molecule has 0 amide bonds. The Hall–Kier alpha value is 0.0900. The molecule has 0 nitrogen and oxygen atoms in total. The van der Waals surface area contributed by atoms with Crippen LogP contribution in [0, 0.1) is 22.7 Å². The van der Waals surface area contributed by atoms with Gasteiger partial charge in [0.2, 0.25) is 0 Å². The average Bonchev–Trinajstić information content (AvgIpc) is 2.61. The fourth-order valence-corrected chi connectivity index (χ4v) is 6.16. The van der Waals surface area contributed by atoms with Crippen molar-refractivity contribution in [3.05, 3.63) is 11.6 Å². The van der Waals surface area contributed by atoms with Crippen molar-refractivity contribution in [2.24, 2.45) is 22.7 Å². The van der Waals surface area contributed by atoms with E-state index in [9.17, 15) is 0 Å². The van der Waals surface area contributed by atoms with Crippen molar-refractivity contribution in [1.82, 2.24) is 0 Å². The highest BCUT2D eigenvalue weighted by Crippen LogP contribution is 2.70. The highest BCUT2D eigenvalue weighted by atomic mass is 32.2. The van der Waals surface area contributed by atoms with E-state index in [1.54, 1.807) is 0 Å². The third kappa shape index (κ3) is 1.19. The van der Waals surface area contributed by atoms with E-state index in [-0.39, 0.29) is 0 Å². The lowest BCUT2D eigenvalue weighted by atomic mass is 9.68. The lowest BCUT2D eigenvalue weighted by Crippen LogP contribution is -2.37. The van der Waals surface area contributed by atoms with Crippen molar-refractivity contribution in [3.63, 3.8) is 0 Å². The maximum absolute atomic E-state index is 2.65. The van der Waals surface area contributed by atoms with Crippen LogP contribution in [0.5, 0.6) is 0 Å². The zero-order valence-electron chi connectivity index (χ0n) is 11.0. The van der Waals surface area contributed by atoms with Gasteiger partial charge in [0.1, 0.15) is 0 Å². The molecule has 2 saturated carbocycles. The molecule has 0 unspecified atom stereocenters. The molecule has 0 aromatic heterocycles. The molecule has 90 valence electrons. The van der Waals surface area contributed by atoms with Gasteiger partial charge in [0.05, 0.1) is 0 Å². The molecular weight excluding hydrogens is 212 g/mol. The van der Waals surface area contributed by atoms with Gasteiger partial charge in [-0.3, -0.25) is 0 Å². The molecule has 0 aromatic rings. The molecule has 0 aromatic carbocycles. The van der Waals surface area contributed by atoms with Crippen molar-refractivity contribution in [1.29, 1.82) is 0 Å². The molecule has 2 fully saturated rings. The molecular formula is C15H24S. The van der Waals surface area contributed by atoms with Gasteiger partial charge in [-0.1, -0.05) is 39.3 Å². The quantitative estimate of drug-likeness (QED) is 0.604. The van der Waals surface area contributed by atoms with Crippen LogP contribution in [0.3, 0.4) is 0 Å². The summed E-state index contributed by atoms with van der Waals surface area (Å²) in [5.74, 6) is 3.17. The first kappa shape index (κ1) is 11.2. The Morgan fingerprint density at radius 1 is 1.38 bits per heavy atom. The first-order chi connectivity index (χ1) is 7.47. The first-order valence-electron chi connectivity index (χ1n) is 6.80. The monoisotopic (exact) mass is 236 g/mol. The van der Waals surface area contributed by atoms with E-state index >= 15 is 0 Å². The molecule has 3 atom stereocenters. The van der Waals surface area contributed by atoms with E-state index < -0.39 is 0 Å². The van der Waals surface area contributed by atoms with Gasteiger partial charge in [0.25, 0.3) is 0 Å². The minimum absolute atomic E-state index is 0.577. The van der Waals surface area contributed by atoms with Crippen LogP contribution in [-0.2, 0) is 0 Å². The molecule has 0 N–H and O–H groups in total. The maximum atomic E-state index is 2.65. The summed E-state index contributed by atoms with van der Waals surface area (Å²) in [6.07, 6.45) is 7.02. The predicted octanol–water partition coefficient (Wildman–Crippen LogP) is 4.51.